The van der Waals surface area contributed by atoms with Crippen LogP contribution in [0, 0.1) is 0 Å². The van der Waals surface area contributed by atoms with E-state index in [-0.39, 0.29) is 6.61 Å². The van der Waals surface area contributed by atoms with Crippen molar-refractivity contribution in [3.63, 3.8) is 0 Å². The second-order valence-corrected chi connectivity index (χ2v) is 5.40. The van der Waals surface area contributed by atoms with Gasteiger partial charge in [0.05, 0.1) is 15.6 Å². The highest BCUT2D eigenvalue weighted by Crippen LogP contribution is 2.35. The summed E-state index contributed by atoms with van der Waals surface area (Å²) in [6, 6.07) is 7.49. The van der Waals surface area contributed by atoms with Gasteiger partial charge in [0.25, 0.3) is 0 Å². The van der Waals surface area contributed by atoms with Crippen molar-refractivity contribution in [3.05, 3.63) is 56.7 Å². The molecule has 1 N–H and O–H groups in total. The van der Waals surface area contributed by atoms with E-state index >= 15 is 0 Å². The van der Waals surface area contributed by atoms with Crippen molar-refractivity contribution in [1.82, 2.24) is 4.98 Å². The average Bonchev–Trinajstić information content (AvgIpc) is 2.38. The third-order valence-corrected chi connectivity index (χ3v) is 3.55. The molecule has 18 heavy (non-hydrogen) atoms. The molecule has 0 aliphatic heterocycles. The summed E-state index contributed by atoms with van der Waals surface area (Å²) in [5.74, 6) is 0.726. The molecule has 1 aromatic carbocycles. The summed E-state index contributed by atoms with van der Waals surface area (Å²) in [6.45, 7) is 0.472. The number of nitrogens with zero attached hydrogens (tertiary/aromatic N) is 1. The van der Waals surface area contributed by atoms with E-state index in [1.54, 1.807) is 12.4 Å². The summed E-state index contributed by atoms with van der Waals surface area (Å²) >= 11 is 6.87. The van der Waals surface area contributed by atoms with Crippen LogP contribution in [0.5, 0.6) is 5.75 Å². The van der Waals surface area contributed by atoms with Gasteiger partial charge >= 0.3 is 0 Å². The van der Waals surface area contributed by atoms with Crippen LogP contribution in [0.4, 0.5) is 0 Å². The van der Waals surface area contributed by atoms with Gasteiger partial charge in [0.1, 0.15) is 12.4 Å². The Balaban J connectivity index is 2.15. The Bertz CT molecular complexity index is 509. The molecular weight excluding hydrogens is 362 g/mol. The van der Waals surface area contributed by atoms with Crippen LogP contribution < -0.4 is 4.74 Å². The zero-order valence-corrected chi connectivity index (χ0v) is 12.6. The molecule has 0 saturated carbocycles. The molecule has 1 heterocycles. The van der Waals surface area contributed by atoms with Gasteiger partial charge in [-0.1, -0.05) is 0 Å². The Morgan fingerprint density at radius 2 is 1.67 bits per heavy atom. The summed E-state index contributed by atoms with van der Waals surface area (Å²) < 4.78 is 7.38. The van der Waals surface area contributed by atoms with Gasteiger partial charge < -0.3 is 9.84 Å². The van der Waals surface area contributed by atoms with Crippen molar-refractivity contribution in [2.75, 3.05) is 0 Å². The second kappa shape index (κ2) is 6.31. The summed E-state index contributed by atoms with van der Waals surface area (Å²) in [6.07, 6.45) is 3.47. The molecule has 5 heteroatoms. The highest BCUT2D eigenvalue weighted by Gasteiger charge is 2.09. The van der Waals surface area contributed by atoms with E-state index in [2.05, 4.69) is 36.8 Å². The number of aromatic nitrogens is 1. The maximum atomic E-state index is 9.10. The van der Waals surface area contributed by atoms with Crippen molar-refractivity contribution in [2.24, 2.45) is 0 Å². The van der Waals surface area contributed by atoms with E-state index in [9.17, 15) is 0 Å². The molecular formula is C13H11Br2NO2. The number of aliphatic hydroxyl groups excluding tert-OH is 1. The van der Waals surface area contributed by atoms with Crippen molar-refractivity contribution >= 4 is 31.9 Å². The number of aliphatic hydroxyl groups is 1. The SMILES string of the molecule is OCc1cc(Br)c(OCc2ccncc2)c(Br)c1. The summed E-state index contributed by atoms with van der Waals surface area (Å²) in [5, 5.41) is 9.10. The van der Waals surface area contributed by atoms with E-state index in [4.69, 9.17) is 9.84 Å². The Morgan fingerprint density at radius 3 is 2.22 bits per heavy atom. The molecule has 0 aliphatic carbocycles. The first-order chi connectivity index (χ1) is 8.70. The quantitative estimate of drug-likeness (QED) is 0.890. The molecule has 1 aromatic heterocycles. The molecule has 0 fully saturated rings. The van der Waals surface area contributed by atoms with E-state index in [0.29, 0.717) is 6.61 Å². The Kier molecular flexibility index (Phi) is 4.74. The first-order valence-corrected chi connectivity index (χ1v) is 6.90. The topological polar surface area (TPSA) is 42.4 Å². The zero-order chi connectivity index (χ0) is 13.0. The maximum absolute atomic E-state index is 9.10. The normalized spacial score (nSPS) is 10.4. The van der Waals surface area contributed by atoms with Gasteiger partial charge in [-0.25, -0.2) is 0 Å². The largest absolute Gasteiger partial charge is 0.487 e. The number of halogens is 2. The summed E-state index contributed by atoms with van der Waals surface area (Å²) in [7, 11) is 0. The van der Waals surface area contributed by atoms with Crippen molar-refractivity contribution < 1.29 is 9.84 Å². The lowest BCUT2D eigenvalue weighted by molar-refractivity contribution is 0.280. The highest BCUT2D eigenvalue weighted by atomic mass is 79.9. The van der Waals surface area contributed by atoms with Crippen LogP contribution in [0.15, 0.2) is 45.6 Å². The van der Waals surface area contributed by atoms with Gasteiger partial charge in [0.15, 0.2) is 0 Å². The molecule has 2 aromatic rings. The zero-order valence-electron chi connectivity index (χ0n) is 9.44. The molecule has 0 aliphatic rings. The first-order valence-electron chi connectivity index (χ1n) is 5.31. The monoisotopic (exact) mass is 371 g/mol. The van der Waals surface area contributed by atoms with Crippen LogP contribution in [0.1, 0.15) is 11.1 Å². The maximum Gasteiger partial charge on any atom is 0.148 e. The summed E-state index contributed by atoms with van der Waals surface area (Å²) in [4.78, 5) is 3.96. The van der Waals surface area contributed by atoms with Crippen molar-refractivity contribution in [1.29, 1.82) is 0 Å². The number of ether oxygens (including phenoxy) is 1. The number of benzene rings is 1. The number of hydrogen-bond donors (Lipinski definition) is 1. The third kappa shape index (κ3) is 3.31. The minimum absolute atomic E-state index is 0.00182. The van der Waals surface area contributed by atoms with Crippen LogP contribution in [-0.4, -0.2) is 10.1 Å². The molecule has 2 rings (SSSR count). The fourth-order valence-corrected chi connectivity index (χ4v) is 2.99. The second-order valence-electron chi connectivity index (χ2n) is 3.69. The molecule has 0 spiro atoms. The van der Waals surface area contributed by atoms with Gasteiger partial charge in [-0.3, -0.25) is 4.98 Å². The minimum Gasteiger partial charge on any atom is -0.487 e. The lowest BCUT2D eigenvalue weighted by atomic mass is 10.2. The predicted molar refractivity (Wildman–Crippen MR) is 76.3 cm³/mol. The van der Waals surface area contributed by atoms with Crippen LogP contribution in [-0.2, 0) is 13.2 Å². The predicted octanol–water partition coefficient (Wildman–Crippen LogP) is 3.68. The van der Waals surface area contributed by atoms with E-state index in [0.717, 1.165) is 25.8 Å². The molecule has 0 unspecified atom stereocenters. The van der Waals surface area contributed by atoms with E-state index in [1.807, 2.05) is 24.3 Å². The average molecular weight is 373 g/mol. The first kappa shape index (κ1) is 13.5. The van der Waals surface area contributed by atoms with E-state index < -0.39 is 0 Å². The van der Waals surface area contributed by atoms with Gasteiger partial charge in [-0.05, 0) is 67.3 Å². The highest BCUT2D eigenvalue weighted by molar-refractivity contribution is 9.11. The van der Waals surface area contributed by atoms with Crippen LogP contribution in [0.25, 0.3) is 0 Å². The number of pyridine rings is 1. The van der Waals surface area contributed by atoms with Crippen molar-refractivity contribution in [2.45, 2.75) is 13.2 Å². The Morgan fingerprint density at radius 1 is 1.06 bits per heavy atom. The van der Waals surface area contributed by atoms with Crippen LogP contribution in [0.3, 0.4) is 0 Å². The summed E-state index contributed by atoms with van der Waals surface area (Å²) in [5.41, 5.74) is 1.88. The smallest absolute Gasteiger partial charge is 0.148 e. The van der Waals surface area contributed by atoms with Gasteiger partial charge in [0.2, 0.25) is 0 Å². The molecule has 0 amide bonds. The standard InChI is InChI=1S/C13H11Br2NO2/c14-11-5-10(7-17)6-12(15)13(11)18-8-9-1-3-16-4-2-9/h1-6,17H,7-8H2. The molecule has 3 nitrogen and oxygen atoms in total. The molecule has 0 bridgehead atoms. The fourth-order valence-electron chi connectivity index (χ4n) is 1.48. The molecule has 0 atom stereocenters. The minimum atomic E-state index is 0.00182. The third-order valence-electron chi connectivity index (χ3n) is 2.37. The van der Waals surface area contributed by atoms with E-state index in [1.165, 1.54) is 0 Å². The van der Waals surface area contributed by atoms with Gasteiger partial charge in [-0.15, -0.1) is 0 Å². The Hall–Kier alpha value is -0.910. The number of rotatable bonds is 4. The lowest BCUT2D eigenvalue weighted by Gasteiger charge is -2.11. The van der Waals surface area contributed by atoms with Crippen LogP contribution in [0.2, 0.25) is 0 Å². The van der Waals surface area contributed by atoms with Gasteiger partial charge in [0, 0.05) is 12.4 Å². The Labute approximate surface area is 122 Å². The van der Waals surface area contributed by atoms with Gasteiger partial charge in [-0.2, -0.15) is 0 Å². The lowest BCUT2D eigenvalue weighted by Crippen LogP contribution is -1.98. The van der Waals surface area contributed by atoms with Crippen molar-refractivity contribution in [3.8, 4) is 5.75 Å². The molecule has 0 radical (unpaired) electrons. The number of hydrogen-bond acceptors (Lipinski definition) is 3. The fraction of sp³-hybridized carbons (Fsp3) is 0.154. The molecule has 94 valence electrons. The van der Waals surface area contributed by atoms with Crippen LogP contribution >= 0.6 is 31.9 Å². The molecule has 0 saturated heterocycles.